The minimum absolute atomic E-state index is 0.0430. The molecule has 10 heavy (non-hydrogen) atoms. The molecule has 54 valence electrons. The van der Waals surface area contributed by atoms with E-state index in [0.717, 1.165) is 0 Å². The summed E-state index contributed by atoms with van der Waals surface area (Å²) in [6, 6.07) is 0. The minimum Gasteiger partial charge on any atom is -0.291 e. The lowest BCUT2D eigenvalue weighted by molar-refractivity contribution is 0.101. The van der Waals surface area contributed by atoms with Crippen LogP contribution in [0.2, 0.25) is 0 Å². The molecule has 0 amide bonds. The van der Waals surface area contributed by atoms with E-state index in [1.54, 1.807) is 7.05 Å². The first-order valence-corrected chi connectivity index (χ1v) is 3.23. The van der Waals surface area contributed by atoms with Crippen LogP contribution in [0.1, 0.15) is 10.5 Å². The van der Waals surface area contributed by atoms with E-state index >= 15 is 0 Å². The highest BCUT2D eigenvalue weighted by Gasteiger charge is 2.06. The van der Waals surface area contributed by atoms with Gasteiger partial charge in [0.25, 0.3) is 0 Å². The molecule has 0 saturated heterocycles. The quantitative estimate of drug-likeness (QED) is 0.459. The molecule has 4 nitrogen and oxygen atoms in total. The summed E-state index contributed by atoms with van der Waals surface area (Å²) in [4.78, 5) is 10.8. The van der Waals surface area contributed by atoms with Gasteiger partial charge in [0.1, 0.15) is 5.69 Å². The van der Waals surface area contributed by atoms with Gasteiger partial charge in [0.05, 0.1) is 12.1 Å². The van der Waals surface area contributed by atoms with Gasteiger partial charge in [-0.05, 0) is 0 Å². The molecule has 0 aliphatic heterocycles. The molecule has 0 aromatic carbocycles. The Bertz CT molecular complexity index is 245. The zero-order chi connectivity index (χ0) is 7.56. The molecule has 1 aromatic heterocycles. The molecule has 0 spiro atoms. The average molecular weight is 160 g/mol. The fourth-order valence-corrected chi connectivity index (χ4v) is 0.680. The van der Waals surface area contributed by atoms with Crippen LogP contribution in [-0.4, -0.2) is 26.7 Å². The van der Waals surface area contributed by atoms with Gasteiger partial charge in [-0.15, -0.1) is 16.7 Å². The van der Waals surface area contributed by atoms with Crippen LogP contribution in [0.25, 0.3) is 0 Å². The maximum Gasteiger partial charge on any atom is 0.199 e. The largest absolute Gasteiger partial charge is 0.291 e. The number of aromatic nitrogens is 3. The summed E-state index contributed by atoms with van der Waals surface area (Å²) in [5, 5.41) is 7.14. The molecule has 1 heterocycles. The van der Waals surface area contributed by atoms with Crippen molar-refractivity contribution in [3.63, 3.8) is 0 Å². The average Bonchev–Trinajstić information content (AvgIpc) is 2.34. The number of carbonyl (C=O) groups is 1. The number of hydrogen-bond donors (Lipinski definition) is 0. The van der Waals surface area contributed by atoms with E-state index < -0.39 is 0 Å². The summed E-state index contributed by atoms with van der Waals surface area (Å²) in [5.74, 6) is -0.242. The summed E-state index contributed by atoms with van der Waals surface area (Å²) in [5.41, 5.74) is 0.317. The number of nitrogens with zero attached hydrogens (tertiary/aromatic N) is 3. The van der Waals surface area contributed by atoms with Gasteiger partial charge in [0.2, 0.25) is 0 Å². The standard InChI is InChI=1S/C5H6ClN3O/c1-9-3-4(7-8-9)5(10)2-6/h3H,2H2,1H3. The third-order valence-electron chi connectivity index (χ3n) is 1.01. The smallest absolute Gasteiger partial charge is 0.199 e. The molecule has 0 aliphatic carbocycles. The molecule has 1 rings (SSSR count). The molecule has 1 aromatic rings. The highest BCUT2D eigenvalue weighted by atomic mass is 35.5. The second kappa shape index (κ2) is 2.79. The van der Waals surface area contributed by atoms with Gasteiger partial charge in [0, 0.05) is 7.05 Å². The molecular weight excluding hydrogens is 154 g/mol. The van der Waals surface area contributed by atoms with Crippen LogP contribution >= 0.6 is 11.6 Å². The predicted octanol–water partition coefficient (Wildman–Crippen LogP) is 0.237. The van der Waals surface area contributed by atoms with Crippen LogP contribution in [0.5, 0.6) is 0 Å². The fraction of sp³-hybridized carbons (Fsp3) is 0.400. The number of hydrogen-bond acceptors (Lipinski definition) is 3. The first kappa shape index (κ1) is 7.21. The van der Waals surface area contributed by atoms with Crippen molar-refractivity contribution in [2.24, 2.45) is 7.05 Å². The van der Waals surface area contributed by atoms with E-state index in [4.69, 9.17) is 11.6 Å². The summed E-state index contributed by atoms with van der Waals surface area (Å²) in [6.07, 6.45) is 1.53. The Morgan fingerprint density at radius 3 is 3.00 bits per heavy atom. The molecular formula is C5H6ClN3O. The number of alkyl halides is 1. The molecule has 0 aliphatic rings. The highest BCUT2D eigenvalue weighted by molar-refractivity contribution is 6.30. The molecule has 0 N–H and O–H groups in total. The van der Waals surface area contributed by atoms with Crippen LogP contribution in [-0.2, 0) is 7.05 Å². The van der Waals surface area contributed by atoms with Crippen LogP contribution in [0.4, 0.5) is 0 Å². The third-order valence-corrected chi connectivity index (χ3v) is 1.25. The zero-order valence-electron chi connectivity index (χ0n) is 5.41. The van der Waals surface area contributed by atoms with E-state index in [9.17, 15) is 4.79 Å². The maximum atomic E-state index is 10.8. The van der Waals surface area contributed by atoms with Gasteiger partial charge in [-0.2, -0.15) is 0 Å². The molecule has 0 saturated carbocycles. The topological polar surface area (TPSA) is 47.8 Å². The minimum atomic E-state index is -0.199. The van der Waals surface area contributed by atoms with Gasteiger partial charge < -0.3 is 0 Å². The van der Waals surface area contributed by atoms with Crippen LogP contribution in [0.3, 0.4) is 0 Å². The molecule has 0 atom stereocenters. The molecule has 0 bridgehead atoms. The van der Waals surface area contributed by atoms with E-state index in [-0.39, 0.29) is 11.7 Å². The van der Waals surface area contributed by atoms with Gasteiger partial charge >= 0.3 is 0 Å². The van der Waals surface area contributed by atoms with Crippen molar-refractivity contribution in [2.75, 3.05) is 5.88 Å². The van der Waals surface area contributed by atoms with Crippen LogP contribution in [0, 0.1) is 0 Å². The van der Waals surface area contributed by atoms with E-state index in [0.29, 0.717) is 5.69 Å². The first-order valence-electron chi connectivity index (χ1n) is 2.69. The Labute approximate surface area is 62.8 Å². The lowest BCUT2D eigenvalue weighted by Gasteiger charge is -1.83. The summed E-state index contributed by atoms with van der Waals surface area (Å²) in [6.45, 7) is 0. The van der Waals surface area contributed by atoms with Crippen LogP contribution in [0.15, 0.2) is 6.20 Å². The predicted molar refractivity (Wildman–Crippen MR) is 36.1 cm³/mol. The summed E-state index contributed by atoms with van der Waals surface area (Å²) < 4.78 is 1.46. The SMILES string of the molecule is Cn1cc(C(=O)CCl)nn1. The van der Waals surface area contributed by atoms with Crippen molar-refractivity contribution in [1.82, 2.24) is 15.0 Å². The van der Waals surface area contributed by atoms with Crippen molar-refractivity contribution < 1.29 is 4.79 Å². The number of carbonyl (C=O) groups excluding carboxylic acids is 1. The van der Waals surface area contributed by atoms with Crippen LogP contribution < -0.4 is 0 Å². The Hall–Kier alpha value is -0.900. The zero-order valence-corrected chi connectivity index (χ0v) is 6.17. The van der Waals surface area contributed by atoms with Crippen molar-refractivity contribution in [3.05, 3.63) is 11.9 Å². The molecule has 0 fully saturated rings. The second-order valence-electron chi connectivity index (χ2n) is 1.83. The van der Waals surface area contributed by atoms with E-state index in [1.807, 2.05) is 0 Å². The maximum absolute atomic E-state index is 10.8. The van der Waals surface area contributed by atoms with Crippen molar-refractivity contribution in [3.8, 4) is 0 Å². The number of Topliss-reactive ketones (excluding diaryl/α,β-unsaturated/α-hetero) is 1. The van der Waals surface area contributed by atoms with Gasteiger partial charge in [0.15, 0.2) is 5.78 Å². The second-order valence-corrected chi connectivity index (χ2v) is 2.10. The Balaban J connectivity index is 2.85. The fourth-order valence-electron chi connectivity index (χ4n) is 0.544. The Kier molecular flexibility index (Phi) is 2.01. The van der Waals surface area contributed by atoms with Gasteiger partial charge in [-0.3, -0.25) is 9.48 Å². The highest BCUT2D eigenvalue weighted by Crippen LogP contribution is 1.94. The van der Waals surface area contributed by atoms with Crippen molar-refractivity contribution in [2.45, 2.75) is 0 Å². The van der Waals surface area contributed by atoms with E-state index in [1.165, 1.54) is 10.9 Å². The molecule has 5 heteroatoms. The monoisotopic (exact) mass is 159 g/mol. The lowest BCUT2D eigenvalue weighted by Crippen LogP contribution is -1.99. The van der Waals surface area contributed by atoms with E-state index in [2.05, 4.69) is 10.3 Å². The summed E-state index contributed by atoms with van der Waals surface area (Å²) >= 11 is 5.27. The first-order chi connectivity index (χ1) is 4.74. The molecule has 0 unspecified atom stereocenters. The van der Waals surface area contributed by atoms with Crippen molar-refractivity contribution in [1.29, 1.82) is 0 Å². The number of rotatable bonds is 2. The lowest BCUT2D eigenvalue weighted by atomic mass is 10.3. The van der Waals surface area contributed by atoms with Gasteiger partial charge in [-0.25, -0.2) is 0 Å². The summed E-state index contributed by atoms with van der Waals surface area (Å²) in [7, 11) is 1.69. The number of aryl methyl sites for hydroxylation is 1. The van der Waals surface area contributed by atoms with Crippen molar-refractivity contribution >= 4 is 17.4 Å². The number of ketones is 1. The Morgan fingerprint density at radius 2 is 2.60 bits per heavy atom. The number of halogens is 1. The third kappa shape index (κ3) is 1.33. The molecule has 0 radical (unpaired) electrons. The normalized spacial score (nSPS) is 9.80. The van der Waals surface area contributed by atoms with Gasteiger partial charge in [-0.1, -0.05) is 5.21 Å². The Morgan fingerprint density at radius 1 is 1.90 bits per heavy atom.